The second-order valence-electron chi connectivity index (χ2n) is 6.05. The van der Waals surface area contributed by atoms with Crippen molar-refractivity contribution in [2.75, 3.05) is 25.7 Å². The van der Waals surface area contributed by atoms with E-state index < -0.39 is 0 Å². The van der Waals surface area contributed by atoms with Crippen LogP contribution in [0, 0.1) is 0 Å². The third-order valence-electron chi connectivity index (χ3n) is 4.11. The zero-order chi connectivity index (χ0) is 17.6. The SMILES string of the molecule is CCCCN(C)C(=O)c1ccnc(NCc2ccc3c(c2)OCO3)c1. The third kappa shape index (κ3) is 4.21. The van der Waals surface area contributed by atoms with Crippen LogP contribution in [0.25, 0.3) is 0 Å². The predicted molar refractivity (Wildman–Crippen MR) is 96.0 cm³/mol. The molecule has 1 aliphatic rings. The number of fused-ring (bicyclic) bond motifs is 1. The molecule has 0 radical (unpaired) electrons. The standard InChI is InChI=1S/C19H23N3O3/c1-3-4-9-22(2)19(23)15-7-8-20-18(11-15)21-12-14-5-6-16-17(10-14)25-13-24-16/h5-8,10-11H,3-4,9,12-13H2,1-2H3,(H,20,21). The monoisotopic (exact) mass is 341 g/mol. The Morgan fingerprint density at radius 2 is 2.08 bits per heavy atom. The van der Waals surface area contributed by atoms with Crippen LogP contribution in [0.2, 0.25) is 0 Å². The summed E-state index contributed by atoms with van der Waals surface area (Å²) in [7, 11) is 1.83. The number of unbranched alkanes of at least 4 members (excludes halogenated alkanes) is 1. The molecule has 1 aromatic carbocycles. The number of hydrogen-bond acceptors (Lipinski definition) is 5. The highest BCUT2D eigenvalue weighted by Gasteiger charge is 2.14. The first kappa shape index (κ1) is 17.1. The summed E-state index contributed by atoms with van der Waals surface area (Å²) in [6, 6.07) is 9.36. The van der Waals surface area contributed by atoms with Crippen molar-refractivity contribution in [1.82, 2.24) is 9.88 Å². The number of hydrogen-bond donors (Lipinski definition) is 1. The summed E-state index contributed by atoms with van der Waals surface area (Å²) in [6.07, 6.45) is 3.72. The minimum atomic E-state index is 0.0157. The number of nitrogens with one attached hydrogen (secondary N) is 1. The number of rotatable bonds is 7. The fraction of sp³-hybridized carbons (Fsp3) is 0.368. The molecule has 2 aromatic rings. The topological polar surface area (TPSA) is 63.7 Å². The maximum Gasteiger partial charge on any atom is 0.253 e. The van der Waals surface area contributed by atoms with Crippen LogP contribution in [0.1, 0.15) is 35.7 Å². The van der Waals surface area contributed by atoms with Crippen LogP contribution in [0.4, 0.5) is 5.82 Å². The number of ether oxygens (including phenoxy) is 2. The predicted octanol–water partition coefficient (Wildman–Crippen LogP) is 3.29. The summed E-state index contributed by atoms with van der Waals surface area (Å²) in [4.78, 5) is 18.5. The summed E-state index contributed by atoms with van der Waals surface area (Å²) < 4.78 is 10.7. The van der Waals surface area contributed by atoms with Crippen LogP contribution in [0.3, 0.4) is 0 Å². The van der Waals surface area contributed by atoms with E-state index in [1.54, 1.807) is 23.2 Å². The van der Waals surface area contributed by atoms with Crippen LogP contribution >= 0.6 is 0 Å². The molecule has 6 heteroatoms. The summed E-state index contributed by atoms with van der Waals surface area (Å²) in [6.45, 7) is 3.73. The Bertz CT molecular complexity index is 748. The van der Waals surface area contributed by atoms with Crippen LogP contribution < -0.4 is 14.8 Å². The lowest BCUT2D eigenvalue weighted by molar-refractivity contribution is 0.0793. The second-order valence-corrected chi connectivity index (χ2v) is 6.05. The average Bonchev–Trinajstić information content (AvgIpc) is 3.11. The number of nitrogens with zero attached hydrogens (tertiary/aromatic N) is 2. The summed E-state index contributed by atoms with van der Waals surface area (Å²) in [5, 5.41) is 3.25. The van der Waals surface area contributed by atoms with Crippen molar-refractivity contribution in [2.24, 2.45) is 0 Å². The molecule has 1 aliphatic heterocycles. The van der Waals surface area contributed by atoms with E-state index in [4.69, 9.17) is 9.47 Å². The fourth-order valence-electron chi connectivity index (χ4n) is 2.62. The molecule has 0 saturated carbocycles. The molecular weight excluding hydrogens is 318 g/mol. The van der Waals surface area contributed by atoms with E-state index in [0.717, 1.165) is 36.4 Å². The Labute approximate surface area is 147 Å². The van der Waals surface area contributed by atoms with Gasteiger partial charge in [0.05, 0.1) is 0 Å². The van der Waals surface area contributed by atoms with Crippen molar-refractivity contribution >= 4 is 11.7 Å². The van der Waals surface area contributed by atoms with E-state index >= 15 is 0 Å². The highest BCUT2D eigenvalue weighted by Crippen LogP contribution is 2.32. The number of benzene rings is 1. The molecule has 2 heterocycles. The molecule has 0 saturated heterocycles. The lowest BCUT2D eigenvalue weighted by atomic mass is 10.2. The lowest BCUT2D eigenvalue weighted by Gasteiger charge is -2.17. The van der Waals surface area contributed by atoms with Crippen molar-refractivity contribution in [3.63, 3.8) is 0 Å². The lowest BCUT2D eigenvalue weighted by Crippen LogP contribution is -2.27. The Morgan fingerprint density at radius 1 is 1.24 bits per heavy atom. The van der Waals surface area contributed by atoms with E-state index in [1.165, 1.54) is 0 Å². The van der Waals surface area contributed by atoms with E-state index in [0.29, 0.717) is 17.9 Å². The number of pyridine rings is 1. The van der Waals surface area contributed by atoms with E-state index in [2.05, 4.69) is 17.2 Å². The number of amides is 1. The molecule has 0 spiro atoms. The maximum absolute atomic E-state index is 12.4. The van der Waals surface area contributed by atoms with Gasteiger partial charge in [-0.2, -0.15) is 0 Å². The molecule has 0 fully saturated rings. The zero-order valence-electron chi connectivity index (χ0n) is 14.6. The molecule has 1 N–H and O–H groups in total. The van der Waals surface area contributed by atoms with Gasteiger partial charge in [-0.3, -0.25) is 4.79 Å². The van der Waals surface area contributed by atoms with Crippen LogP contribution in [-0.4, -0.2) is 36.2 Å². The highest BCUT2D eigenvalue weighted by molar-refractivity contribution is 5.94. The first-order chi connectivity index (χ1) is 12.2. The van der Waals surface area contributed by atoms with Gasteiger partial charge in [0.15, 0.2) is 11.5 Å². The molecule has 1 amide bonds. The molecular formula is C19H23N3O3. The Morgan fingerprint density at radius 3 is 2.92 bits per heavy atom. The number of carbonyl (C=O) groups excluding carboxylic acids is 1. The first-order valence-electron chi connectivity index (χ1n) is 8.51. The Kier molecular flexibility index (Phi) is 5.38. The number of carbonyl (C=O) groups is 1. The molecule has 132 valence electrons. The molecule has 0 aliphatic carbocycles. The van der Waals surface area contributed by atoms with E-state index in [-0.39, 0.29) is 12.7 Å². The highest BCUT2D eigenvalue weighted by atomic mass is 16.7. The Hall–Kier alpha value is -2.76. The van der Waals surface area contributed by atoms with Crippen molar-refractivity contribution in [1.29, 1.82) is 0 Å². The van der Waals surface area contributed by atoms with Crippen molar-refractivity contribution in [2.45, 2.75) is 26.3 Å². The first-order valence-corrected chi connectivity index (χ1v) is 8.51. The molecule has 6 nitrogen and oxygen atoms in total. The average molecular weight is 341 g/mol. The molecule has 1 aromatic heterocycles. The normalized spacial score (nSPS) is 12.1. The van der Waals surface area contributed by atoms with Gasteiger partial charge in [-0.25, -0.2) is 4.98 Å². The molecule has 0 bridgehead atoms. The number of anilines is 1. The maximum atomic E-state index is 12.4. The minimum Gasteiger partial charge on any atom is -0.454 e. The van der Waals surface area contributed by atoms with Crippen molar-refractivity contribution in [3.05, 3.63) is 47.7 Å². The van der Waals surface area contributed by atoms with E-state index in [1.807, 2.05) is 25.2 Å². The summed E-state index contributed by atoms with van der Waals surface area (Å²) >= 11 is 0. The zero-order valence-corrected chi connectivity index (χ0v) is 14.6. The fourth-order valence-corrected chi connectivity index (χ4v) is 2.62. The van der Waals surface area contributed by atoms with Gasteiger partial charge in [-0.15, -0.1) is 0 Å². The van der Waals surface area contributed by atoms with Gasteiger partial charge in [-0.05, 0) is 36.2 Å². The minimum absolute atomic E-state index is 0.0157. The number of aromatic nitrogens is 1. The van der Waals surface area contributed by atoms with Crippen molar-refractivity contribution < 1.29 is 14.3 Å². The smallest absolute Gasteiger partial charge is 0.253 e. The van der Waals surface area contributed by atoms with Crippen LogP contribution in [0.5, 0.6) is 11.5 Å². The van der Waals surface area contributed by atoms with Crippen molar-refractivity contribution in [3.8, 4) is 11.5 Å². The van der Waals surface area contributed by atoms with Gasteiger partial charge < -0.3 is 19.7 Å². The molecule has 3 rings (SSSR count). The van der Waals surface area contributed by atoms with Crippen LogP contribution in [0.15, 0.2) is 36.5 Å². The third-order valence-corrected chi connectivity index (χ3v) is 4.11. The molecule has 0 atom stereocenters. The quantitative estimate of drug-likeness (QED) is 0.837. The van der Waals surface area contributed by atoms with Gasteiger partial charge in [0, 0.05) is 31.9 Å². The van der Waals surface area contributed by atoms with Gasteiger partial charge in [0.25, 0.3) is 5.91 Å². The molecule has 25 heavy (non-hydrogen) atoms. The van der Waals surface area contributed by atoms with Gasteiger partial charge >= 0.3 is 0 Å². The summed E-state index contributed by atoms with van der Waals surface area (Å²) in [5.41, 5.74) is 1.70. The van der Waals surface area contributed by atoms with Gasteiger partial charge in [0.2, 0.25) is 6.79 Å². The molecule has 0 unspecified atom stereocenters. The largest absolute Gasteiger partial charge is 0.454 e. The van der Waals surface area contributed by atoms with E-state index in [9.17, 15) is 4.79 Å². The summed E-state index contributed by atoms with van der Waals surface area (Å²) in [5.74, 6) is 2.22. The Balaban J connectivity index is 1.62. The second kappa shape index (κ2) is 7.88. The van der Waals surface area contributed by atoms with Crippen LogP contribution in [-0.2, 0) is 6.54 Å². The van der Waals surface area contributed by atoms with Gasteiger partial charge in [0.1, 0.15) is 5.82 Å². The van der Waals surface area contributed by atoms with Gasteiger partial charge in [-0.1, -0.05) is 19.4 Å².